The Balaban J connectivity index is 2.46. The Bertz CT molecular complexity index is 263. The third kappa shape index (κ3) is 5.82. The Morgan fingerprint density at radius 2 is 1.60 bits per heavy atom. The van der Waals surface area contributed by atoms with Gasteiger partial charge < -0.3 is 10.6 Å². The summed E-state index contributed by atoms with van der Waals surface area (Å²) in [6.07, 6.45) is 15.3. The van der Waals surface area contributed by atoms with E-state index in [0.29, 0.717) is 0 Å². The summed E-state index contributed by atoms with van der Waals surface area (Å²) in [5, 5.41) is 0. The van der Waals surface area contributed by atoms with Gasteiger partial charge in [0.2, 0.25) is 0 Å². The third-order valence-corrected chi connectivity index (χ3v) is 4.61. The molecule has 0 radical (unpaired) electrons. The maximum Gasteiger partial charge on any atom is 0.116 e. The summed E-state index contributed by atoms with van der Waals surface area (Å²) in [6.45, 7) is 7.86. The van der Waals surface area contributed by atoms with Crippen molar-refractivity contribution in [3.05, 3.63) is 0 Å². The van der Waals surface area contributed by atoms with Gasteiger partial charge in [-0.2, -0.15) is 0 Å². The highest BCUT2D eigenvalue weighted by molar-refractivity contribution is 5.59. The molecule has 0 bridgehead atoms. The molecule has 1 heterocycles. The highest BCUT2D eigenvalue weighted by atomic mass is 15.3. The molecule has 0 amide bonds. The normalized spacial score (nSPS) is 19.0. The quantitative estimate of drug-likeness (QED) is 0.573. The number of unbranched alkanes of at least 4 members (excludes halogenated alkanes) is 6. The van der Waals surface area contributed by atoms with Crippen molar-refractivity contribution in [2.45, 2.75) is 96.7 Å². The molecular weight excluding hydrogens is 246 g/mol. The van der Waals surface area contributed by atoms with E-state index in [1.807, 2.05) is 6.34 Å². The molecule has 0 aromatic rings. The fourth-order valence-corrected chi connectivity index (χ4v) is 3.10. The number of nitrogens with zero attached hydrogens (tertiary/aromatic N) is 2. The summed E-state index contributed by atoms with van der Waals surface area (Å²) >= 11 is 0. The summed E-state index contributed by atoms with van der Waals surface area (Å²) in [7, 11) is 0. The highest BCUT2D eigenvalue weighted by Crippen LogP contribution is 2.29. The molecule has 2 N–H and O–H groups in total. The molecule has 0 aliphatic carbocycles. The smallest absolute Gasteiger partial charge is 0.116 e. The van der Waals surface area contributed by atoms with Gasteiger partial charge in [-0.25, -0.2) is 0 Å². The van der Waals surface area contributed by atoms with Gasteiger partial charge in [0.05, 0.1) is 12.9 Å². The first-order chi connectivity index (χ1) is 9.62. The van der Waals surface area contributed by atoms with Gasteiger partial charge in [-0.05, 0) is 19.8 Å². The fourth-order valence-electron chi connectivity index (χ4n) is 3.10. The summed E-state index contributed by atoms with van der Waals surface area (Å²) < 4.78 is 0. The van der Waals surface area contributed by atoms with E-state index in [2.05, 4.69) is 30.7 Å². The number of aliphatic imine (C=N–C) groups is 1. The van der Waals surface area contributed by atoms with Gasteiger partial charge in [0, 0.05) is 5.54 Å². The van der Waals surface area contributed by atoms with Gasteiger partial charge in [-0.3, -0.25) is 4.99 Å². The van der Waals surface area contributed by atoms with Crippen LogP contribution >= 0.6 is 0 Å². The molecule has 0 aromatic heterocycles. The Morgan fingerprint density at radius 3 is 2.00 bits per heavy atom. The van der Waals surface area contributed by atoms with Crippen LogP contribution in [0.3, 0.4) is 0 Å². The lowest BCUT2D eigenvalue weighted by atomic mass is 9.86. The van der Waals surface area contributed by atoms with Crippen LogP contribution in [0.2, 0.25) is 0 Å². The van der Waals surface area contributed by atoms with Crippen molar-refractivity contribution in [2.24, 2.45) is 10.7 Å². The largest absolute Gasteiger partial charge is 0.354 e. The Hall–Kier alpha value is -0.570. The average molecular weight is 281 g/mol. The van der Waals surface area contributed by atoms with Crippen LogP contribution in [0.5, 0.6) is 0 Å². The van der Waals surface area contributed by atoms with Crippen molar-refractivity contribution in [3.8, 4) is 0 Å². The number of nitrogens with two attached hydrogens (primary N) is 1. The van der Waals surface area contributed by atoms with Gasteiger partial charge in [0.15, 0.2) is 0 Å². The summed E-state index contributed by atoms with van der Waals surface area (Å²) in [6, 6.07) is 0. The first kappa shape index (κ1) is 17.5. The van der Waals surface area contributed by atoms with E-state index in [9.17, 15) is 0 Å². The molecular formula is C17H35N3. The zero-order chi connectivity index (χ0) is 14.8. The van der Waals surface area contributed by atoms with Crippen LogP contribution in [0.15, 0.2) is 4.99 Å². The molecule has 0 saturated carbocycles. The third-order valence-electron chi connectivity index (χ3n) is 4.61. The standard InChI is InChI=1S/C17H35N3/c1-4-6-8-10-12-17(3,13-11-9-7-5-2)20-14-16(18)19-15-20/h15-16H,4-14,18H2,1-3H3. The van der Waals surface area contributed by atoms with Crippen LogP contribution in [-0.4, -0.2) is 29.5 Å². The number of hydrogen-bond acceptors (Lipinski definition) is 3. The SMILES string of the molecule is CCCCCCC(C)(CCCCCC)N1C=NC(N)C1. The Morgan fingerprint density at radius 1 is 1.05 bits per heavy atom. The zero-order valence-electron chi connectivity index (χ0n) is 13.9. The first-order valence-electron chi connectivity index (χ1n) is 8.68. The van der Waals surface area contributed by atoms with Gasteiger partial charge in [0.25, 0.3) is 0 Å². The Kier molecular flexibility index (Phi) is 8.20. The highest BCUT2D eigenvalue weighted by Gasteiger charge is 2.32. The molecule has 1 atom stereocenters. The minimum absolute atomic E-state index is 0.0133. The van der Waals surface area contributed by atoms with E-state index in [-0.39, 0.29) is 11.7 Å². The average Bonchev–Trinajstić information content (AvgIpc) is 2.87. The van der Waals surface area contributed by atoms with Gasteiger partial charge in [-0.1, -0.05) is 65.2 Å². The van der Waals surface area contributed by atoms with Crippen molar-refractivity contribution in [2.75, 3.05) is 6.54 Å². The minimum Gasteiger partial charge on any atom is -0.354 e. The molecule has 0 fully saturated rings. The van der Waals surface area contributed by atoms with E-state index in [1.165, 1.54) is 64.2 Å². The lowest BCUT2D eigenvalue weighted by Crippen LogP contribution is -2.46. The molecule has 0 aromatic carbocycles. The molecule has 1 aliphatic heterocycles. The van der Waals surface area contributed by atoms with E-state index in [0.717, 1.165) is 6.54 Å². The number of hydrogen-bond donors (Lipinski definition) is 1. The second-order valence-electron chi connectivity index (χ2n) is 6.60. The zero-order valence-corrected chi connectivity index (χ0v) is 13.9. The fraction of sp³-hybridized carbons (Fsp3) is 0.941. The second-order valence-corrected chi connectivity index (χ2v) is 6.60. The first-order valence-corrected chi connectivity index (χ1v) is 8.68. The lowest BCUT2D eigenvalue weighted by Gasteiger charge is -2.39. The maximum absolute atomic E-state index is 5.93. The number of rotatable bonds is 11. The van der Waals surface area contributed by atoms with Crippen molar-refractivity contribution < 1.29 is 0 Å². The van der Waals surface area contributed by atoms with Gasteiger partial charge in [0.1, 0.15) is 6.17 Å². The Labute approximate surface area is 126 Å². The molecule has 3 heteroatoms. The monoisotopic (exact) mass is 281 g/mol. The molecule has 118 valence electrons. The summed E-state index contributed by atoms with van der Waals surface area (Å²) in [5.41, 5.74) is 6.20. The van der Waals surface area contributed by atoms with Crippen LogP contribution in [0.25, 0.3) is 0 Å². The molecule has 1 unspecified atom stereocenters. The molecule has 0 saturated heterocycles. The summed E-state index contributed by atoms with van der Waals surface area (Å²) in [5.74, 6) is 0. The van der Waals surface area contributed by atoms with Crippen LogP contribution in [0, 0.1) is 0 Å². The van der Waals surface area contributed by atoms with Crippen LogP contribution in [0.4, 0.5) is 0 Å². The predicted molar refractivity (Wildman–Crippen MR) is 89.1 cm³/mol. The van der Waals surface area contributed by atoms with E-state index >= 15 is 0 Å². The summed E-state index contributed by atoms with van der Waals surface area (Å²) in [4.78, 5) is 6.76. The van der Waals surface area contributed by atoms with E-state index in [1.54, 1.807) is 0 Å². The van der Waals surface area contributed by atoms with E-state index in [4.69, 9.17) is 5.73 Å². The minimum atomic E-state index is -0.0133. The molecule has 0 spiro atoms. The molecule has 20 heavy (non-hydrogen) atoms. The van der Waals surface area contributed by atoms with Crippen LogP contribution in [-0.2, 0) is 0 Å². The molecule has 1 rings (SSSR count). The van der Waals surface area contributed by atoms with Crippen LogP contribution in [0.1, 0.15) is 85.0 Å². The van der Waals surface area contributed by atoms with Gasteiger partial charge in [-0.15, -0.1) is 0 Å². The topological polar surface area (TPSA) is 41.6 Å². The van der Waals surface area contributed by atoms with Crippen molar-refractivity contribution >= 4 is 6.34 Å². The van der Waals surface area contributed by atoms with Crippen LogP contribution < -0.4 is 5.73 Å². The van der Waals surface area contributed by atoms with Crippen molar-refractivity contribution in [1.82, 2.24) is 4.90 Å². The maximum atomic E-state index is 5.93. The van der Waals surface area contributed by atoms with Gasteiger partial charge >= 0.3 is 0 Å². The van der Waals surface area contributed by atoms with E-state index < -0.39 is 0 Å². The predicted octanol–water partition coefficient (Wildman–Crippen LogP) is 4.31. The van der Waals surface area contributed by atoms with Crippen molar-refractivity contribution in [3.63, 3.8) is 0 Å². The lowest BCUT2D eigenvalue weighted by molar-refractivity contribution is 0.167. The molecule has 3 nitrogen and oxygen atoms in total. The van der Waals surface area contributed by atoms with Crippen molar-refractivity contribution in [1.29, 1.82) is 0 Å². The molecule has 1 aliphatic rings. The second kappa shape index (κ2) is 9.38.